The van der Waals surface area contributed by atoms with Gasteiger partial charge in [0.1, 0.15) is 16.4 Å². The zero-order valence-electron chi connectivity index (χ0n) is 15.9. The minimum atomic E-state index is -0.604. The molecule has 0 saturated heterocycles. The number of thiophene rings is 1. The highest BCUT2D eigenvalue weighted by atomic mass is 79.9. The highest BCUT2D eigenvalue weighted by Gasteiger charge is 2.24. The van der Waals surface area contributed by atoms with Gasteiger partial charge in [0.2, 0.25) is 5.91 Å². The van der Waals surface area contributed by atoms with Crippen LogP contribution in [0.4, 0.5) is 15.1 Å². The third-order valence-corrected chi connectivity index (χ3v) is 5.66. The van der Waals surface area contributed by atoms with Gasteiger partial charge in [-0.15, -0.1) is 11.3 Å². The van der Waals surface area contributed by atoms with E-state index in [0.29, 0.717) is 31.0 Å². The van der Waals surface area contributed by atoms with Crippen LogP contribution >= 0.6 is 27.3 Å². The molecule has 0 radical (unpaired) electrons. The summed E-state index contributed by atoms with van der Waals surface area (Å²) in [5, 5.41) is 6.07. The molecule has 2 amide bonds. The number of esters is 1. The summed E-state index contributed by atoms with van der Waals surface area (Å²) in [5.74, 6) is -1.46. The number of carbonyl (C=O) groups excluding carboxylic acids is 3. The topological polar surface area (TPSA) is 93.7 Å². The Kier molecular flexibility index (Phi) is 6.68. The lowest BCUT2D eigenvalue weighted by molar-refractivity contribution is -0.118. The Morgan fingerprint density at radius 3 is 2.43 bits per heavy atom. The summed E-state index contributed by atoms with van der Waals surface area (Å²) < 4.78 is 24.7. The molecular weight excluding hydrogens is 479 g/mol. The first kappa shape index (κ1) is 21.7. The maximum absolute atomic E-state index is 13.0. The molecule has 156 valence electrons. The molecule has 0 aliphatic heterocycles. The van der Waals surface area contributed by atoms with E-state index in [1.807, 2.05) is 0 Å². The highest BCUT2D eigenvalue weighted by molar-refractivity contribution is 9.10. The number of nitrogens with one attached hydrogen (secondary N) is 2. The van der Waals surface area contributed by atoms with Crippen LogP contribution in [-0.2, 0) is 14.3 Å². The number of hydrogen-bond acceptors (Lipinski definition) is 6. The summed E-state index contributed by atoms with van der Waals surface area (Å²) in [6.45, 7) is 1.01. The Labute approximate surface area is 183 Å². The van der Waals surface area contributed by atoms with Crippen molar-refractivity contribution >= 4 is 65.8 Å². The van der Waals surface area contributed by atoms with Crippen LogP contribution in [0.25, 0.3) is 10.1 Å². The summed E-state index contributed by atoms with van der Waals surface area (Å²) in [6, 6.07) is 8.71. The molecule has 7 nitrogen and oxygen atoms in total. The van der Waals surface area contributed by atoms with Gasteiger partial charge in [0.15, 0.2) is 12.4 Å². The van der Waals surface area contributed by atoms with Crippen molar-refractivity contribution in [3.05, 3.63) is 52.3 Å². The molecule has 3 aromatic rings. The van der Waals surface area contributed by atoms with Crippen LogP contribution < -0.4 is 15.4 Å². The van der Waals surface area contributed by atoms with Crippen LogP contribution in [0.2, 0.25) is 0 Å². The summed E-state index contributed by atoms with van der Waals surface area (Å²) in [4.78, 5) is 36.0. The molecule has 30 heavy (non-hydrogen) atoms. The molecule has 0 bridgehead atoms. The van der Waals surface area contributed by atoms with E-state index in [0.717, 1.165) is 11.3 Å². The van der Waals surface area contributed by atoms with E-state index >= 15 is 0 Å². The van der Waals surface area contributed by atoms with Gasteiger partial charge in [-0.2, -0.15) is 0 Å². The van der Waals surface area contributed by atoms with E-state index in [4.69, 9.17) is 9.47 Å². The Morgan fingerprint density at radius 1 is 1.10 bits per heavy atom. The first-order valence-electron chi connectivity index (χ1n) is 8.59. The third kappa shape index (κ3) is 4.77. The van der Waals surface area contributed by atoms with Gasteiger partial charge >= 0.3 is 5.97 Å². The zero-order valence-corrected chi connectivity index (χ0v) is 18.3. The van der Waals surface area contributed by atoms with Crippen molar-refractivity contribution < 1.29 is 28.2 Å². The van der Waals surface area contributed by atoms with Crippen molar-refractivity contribution in [1.82, 2.24) is 0 Å². The van der Waals surface area contributed by atoms with Crippen LogP contribution in [0, 0.1) is 5.82 Å². The molecule has 0 saturated carbocycles. The number of anilines is 2. The minimum Gasteiger partial charge on any atom is -0.481 e. The number of rotatable bonds is 6. The molecule has 1 aromatic heterocycles. The van der Waals surface area contributed by atoms with Crippen LogP contribution in [-0.4, -0.2) is 31.5 Å². The highest BCUT2D eigenvalue weighted by Crippen LogP contribution is 2.44. The average Bonchev–Trinajstić information content (AvgIpc) is 3.05. The second-order valence-electron chi connectivity index (χ2n) is 6.08. The molecule has 10 heteroatoms. The smallest absolute Gasteiger partial charge is 0.341 e. The van der Waals surface area contributed by atoms with Gasteiger partial charge in [-0.05, 0) is 46.3 Å². The largest absolute Gasteiger partial charge is 0.481 e. The lowest BCUT2D eigenvalue weighted by Gasteiger charge is -2.10. The molecular formula is C20H16BrFN2O5S. The summed E-state index contributed by atoms with van der Waals surface area (Å²) in [6.07, 6.45) is 0. The number of carbonyl (C=O) groups is 3. The maximum atomic E-state index is 13.0. The van der Waals surface area contributed by atoms with Gasteiger partial charge in [0, 0.05) is 18.0 Å². The maximum Gasteiger partial charge on any atom is 0.341 e. The summed E-state index contributed by atoms with van der Waals surface area (Å²) in [5.41, 5.74) is 0.639. The third-order valence-electron chi connectivity index (χ3n) is 3.92. The Bertz CT molecular complexity index is 1130. The van der Waals surface area contributed by atoms with Crippen molar-refractivity contribution in [2.24, 2.45) is 0 Å². The summed E-state index contributed by atoms with van der Waals surface area (Å²) in [7, 11) is 1.25. The average molecular weight is 495 g/mol. The molecule has 0 aliphatic carbocycles. The lowest BCUT2D eigenvalue weighted by atomic mass is 10.1. The number of fused-ring (bicyclic) bond motifs is 1. The quantitative estimate of drug-likeness (QED) is 0.489. The summed E-state index contributed by atoms with van der Waals surface area (Å²) >= 11 is 4.52. The molecule has 0 spiro atoms. The fraction of sp³-hybridized carbons (Fsp3) is 0.150. The van der Waals surface area contributed by atoms with Crippen molar-refractivity contribution in [1.29, 1.82) is 0 Å². The van der Waals surface area contributed by atoms with Gasteiger partial charge in [0.05, 0.1) is 16.3 Å². The van der Waals surface area contributed by atoms with E-state index in [1.54, 1.807) is 12.1 Å². The van der Waals surface area contributed by atoms with Crippen molar-refractivity contribution in [3.63, 3.8) is 0 Å². The molecule has 2 aromatic carbocycles. The molecule has 2 N–H and O–H groups in total. The van der Waals surface area contributed by atoms with E-state index in [1.165, 1.54) is 38.3 Å². The molecule has 0 aliphatic rings. The fourth-order valence-electron chi connectivity index (χ4n) is 2.67. The van der Waals surface area contributed by atoms with Gasteiger partial charge in [0.25, 0.3) is 5.91 Å². The van der Waals surface area contributed by atoms with Crippen molar-refractivity contribution in [3.8, 4) is 5.75 Å². The second kappa shape index (κ2) is 9.23. The molecule has 3 rings (SSSR count). The van der Waals surface area contributed by atoms with Gasteiger partial charge in [-0.3, -0.25) is 9.59 Å². The number of methoxy groups -OCH3 is 1. The van der Waals surface area contributed by atoms with Crippen molar-refractivity contribution in [2.75, 3.05) is 24.4 Å². The predicted octanol–water partition coefficient (Wildman–Crippen LogP) is 4.57. The first-order valence-corrected chi connectivity index (χ1v) is 10.2. The van der Waals surface area contributed by atoms with Crippen LogP contribution in [0.1, 0.15) is 17.3 Å². The van der Waals surface area contributed by atoms with Crippen LogP contribution in [0.3, 0.4) is 0 Å². The van der Waals surface area contributed by atoms with Gasteiger partial charge < -0.3 is 20.1 Å². The molecule has 0 atom stereocenters. The van der Waals surface area contributed by atoms with Gasteiger partial charge in [-0.25, -0.2) is 9.18 Å². The monoisotopic (exact) mass is 494 g/mol. The van der Waals surface area contributed by atoms with Crippen molar-refractivity contribution in [2.45, 2.75) is 6.92 Å². The van der Waals surface area contributed by atoms with Gasteiger partial charge in [-0.1, -0.05) is 6.07 Å². The van der Waals surface area contributed by atoms with Crippen LogP contribution in [0.5, 0.6) is 5.75 Å². The predicted molar refractivity (Wildman–Crippen MR) is 116 cm³/mol. The van der Waals surface area contributed by atoms with E-state index in [2.05, 4.69) is 26.6 Å². The fourth-order valence-corrected chi connectivity index (χ4v) is 4.48. The number of amides is 2. The first-order chi connectivity index (χ1) is 14.3. The normalized spacial score (nSPS) is 10.5. The Morgan fingerprint density at radius 2 is 1.80 bits per heavy atom. The van der Waals surface area contributed by atoms with E-state index < -0.39 is 17.7 Å². The lowest BCUT2D eigenvalue weighted by Crippen LogP contribution is -2.20. The number of hydrogen-bond donors (Lipinski definition) is 2. The number of ether oxygens (including phenoxy) is 2. The van der Waals surface area contributed by atoms with Crippen LogP contribution in [0.15, 0.2) is 40.9 Å². The zero-order chi connectivity index (χ0) is 21.8. The van der Waals surface area contributed by atoms with E-state index in [9.17, 15) is 18.8 Å². The van der Waals surface area contributed by atoms with E-state index in [-0.39, 0.29) is 18.1 Å². The Balaban J connectivity index is 1.89. The number of halogens is 2. The molecule has 0 fully saturated rings. The number of benzene rings is 2. The Hall–Kier alpha value is -2.98. The minimum absolute atomic E-state index is 0.209. The molecule has 0 unspecified atom stereocenters. The SMILES string of the molecule is COC(=O)c1c(NC(C)=O)sc2c(OCC(=O)Nc3ccc(F)cc3)c(Br)ccc12. The second-order valence-corrected chi connectivity index (χ2v) is 7.95. The molecule has 1 heterocycles. The standard InChI is InChI=1S/C20H16BrFN2O5S/c1-10(25)23-19-16(20(27)28-2)13-7-8-14(21)17(18(13)30-19)29-9-15(26)24-12-5-3-11(22)4-6-12/h3-8H,9H2,1-2H3,(H,23,25)(H,24,26).